The molecular formula is C22H29N3O5S2. The lowest BCUT2D eigenvalue weighted by molar-refractivity contribution is -0.116. The van der Waals surface area contributed by atoms with Gasteiger partial charge in [0, 0.05) is 31.7 Å². The van der Waals surface area contributed by atoms with Crippen molar-refractivity contribution in [1.82, 2.24) is 4.31 Å². The minimum atomic E-state index is -3.49. The highest BCUT2D eigenvalue weighted by molar-refractivity contribution is 7.92. The molecule has 0 spiro atoms. The van der Waals surface area contributed by atoms with E-state index in [1.54, 1.807) is 24.3 Å². The number of nitrogens with one attached hydrogen (secondary N) is 1. The summed E-state index contributed by atoms with van der Waals surface area (Å²) < 4.78 is 52.4. The maximum absolute atomic E-state index is 12.6. The van der Waals surface area contributed by atoms with Gasteiger partial charge in [0.25, 0.3) is 0 Å². The molecule has 0 aliphatic carbocycles. The van der Waals surface area contributed by atoms with E-state index < -0.39 is 20.0 Å². The van der Waals surface area contributed by atoms with Gasteiger partial charge in [0.1, 0.15) is 0 Å². The molecule has 0 radical (unpaired) electrons. The van der Waals surface area contributed by atoms with Crippen LogP contribution in [-0.2, 0) is 24.8 Å². The van der Waals surface area contributed by atoms with Crippen molar-refractivity contribution in [1.29, 1.82) is 0 Å². The Bertz CT molecular complexity index is 1160. The molecule has 1 aliphatic rings. The predicted octanol–water partition coefficient (Wildman–Crippen LogP) is 2.96. The van der Waals surface area contributed by atoms with Gasteiger partial charge in [-0.15, -0.1) is 0 Å². The molecule has 1 fully saturated rings. The van der Waals surface area contributed by atoms with Crippen LogP contribution in [0.2, 0.25) is 0 Å². The zero-order valence-electron chi connectivity index (χ0n) is 18.3. The first-order valence-corrected chi connectivity index (χ1v) is 13.8. The molecule has 0 saturated carbocycles. The fourth-order valence-electron chi connectivity index (χ4n) is 3.70. The first kappa shape index (κ1) is 24.2. The molecule has 1 aliphatic heterocycles. The van der Waals surface area contributed by atoms with E-state index in [9.17, 15) is 21.6 Å². The summed E-state index contributed by atoms with van der Waals surface area (Å²) in [6, 6.07) is 13.3. The van der Waals surface area contributed by atoms with E-state index in [1.165, 1.54) is 20.7 Å². The minimum absolute atomic E-state index is 0.131. The van der Waals surface area contributed by atoms with Gasteiger partial charge < -0.3 is 5.32 Å². The van der Waals surface area contributed by atoms with E-state index in [4.69, 9.17) is 0 Å². The molecular weight excluding hydrogens is 450 g/mol. The first-order valence-electron chi connectivity index (χ1n) is 10.5. The lowest BCUT2D eigenvalue weighted by Gasteiger charge is -2.24. The maximum Gasteiger partial charge on any atom is 0.243 e. The van der Waals surface area contributed by atoms with Crippen LogP contribution in [0.15, 0.2) is 53.4 Å². The van der Waals surface area contributed by atoms with Gasteiger partial charge in [-0.1, -0.05) is 18.2 Å². The Morgan fingerprint density at radius 2 is 1.62 bits per heavy atom. The maximum atomic E-state index is 12.6. The summed E-state index contributed by atoms with van der Waals surface area (Å²) in [6.45, 7) is 3.10. The Labute approximate surface area is 190 Å². The smallest absolute Gasteiger partial charge is 0.243 e. The summed E-state index contributed by atoms with van der Waals surface area (Å²) in [6.07, 6.45) is 3.36. The molecule has 0 aromatic heterocycles. The zero-order chi connectivity index (χ0) is 23.4. The average molecular weight is 480 g/mol. The Kier molecular flexibility index (Phi) is 7.58. The lowest BCUT2D eigenvalue weighted by Crippen LogP contribution is -2.32. The Hall–Kier alpha value is -2.43. The molecule has 2 aromatic rings. The fourth-order valence-corrected chi connectivity index (χ4v) is 6.24. The topological polar surface area (TPSA) is 104 Å². The van der Waals surface area contributed by atoms with Crippen LogP contribution in [0, 0.1) is 6.92 Å². The van der Waals surface area contributed by atoms with Crippen molar-refractivity contribution >= 4 is 37.3 Å². The van der Waals surface area contributed by atoms with Gasteiger partial charge in [-0.05, 0) is 62.1 Å². The number of sulfonamides is 2. The van der Waals surface area contributed by atoms with E-state index in [0.29, 0.717) is 30.9 Å². The molecule has 1 heterocycles. The Balaban J connectivity index is 1.57. The fraction of sp³-hybridized carbons (Fsp3) is 0.409. The summed E-state index contributed by atoms with van der Waals surface area (Å²) >= 11 is 0. The van der Waals surface area contributed by atoms with E-state index in [1.807, 2.05) is 19.1 Å². The second-order valence-electron chi connectivity index (χ2n) is 7.91. The van der Waals surface area contributed by atoms with Crippen molar-refractivity contribution < 1.29 is 21.6 Å². The van der Waals surface area contributed by atoms with E-state index >= 15 is 0 Å². The minimum Gasteiger partial charge on any atom is -0.326 e. The van der Waals surface area contributed by atoms with Crippen molar-refractivity contribution in [2.45, 2.75) is 37.5 Å². The Morgan fingerprint density at radius 3 is 2.22 bits per heavy atom. The number of nitrogens with zero attached hydrogens (tertiary/aromatic N) is 2. The molecule has 32 heavy (non-hydrogen) atoms. The highest BCUT2D eigenvalue weighted by atomic mass is 32.2. The van der Waals surface area contributed by atoms with Crippen LogP contribution in [0.4, 0.5) is 11.4 Å². The summed E-state index contributed by atoms with van der Waals surface area (Å²) in [5.41, 5.74) is 1.94. The number of anilines is 2. The average Bonchev–Trinajstić information content (AvgIpc) is 3.27. The van der Waals surface area contributed by atoms with Gasteiger partial charge in [0.2, 0.25) is 26.0 Å². The SMILES string of the molecule is Cc1ccccc1N(CCCC(=O)Nc1ccc(S(=O)(=O)N2CCCC2)cc1)S(C)(=O)=O. The van der Waals surface area contributed by atoms with E-state index in [-0.39, 0.29) is 23.8 Å². The van der Waals surface area contributed by atoms with Gasteiger partial charge in [0.15, 0.2) is 0 Å². The number of carbonyl (C=O) groups excluding carboxylic acids is 1. The van der Waals surface area contributed by atoms with Crippen molar-refractivity contribution in [3.05, 3.63) is 54.1 Å². The highest BCUT2D eigenvalue weighted by Crippen LogP contribution is 2.24. The molecule has 2 aromatic carbocycles. The monoisotopic (exact) mass is 479 g/mol. The van der Waals surface area contributed by atoms with Gasteiger partial charge in [-0.2, -0.15) is 4.31 Å². The van der Waals surface area contributed by atoms with Crippen LogP contribution in [0.5, 0.6) is 0 Å². The van der Waals surface area contributed by atoms with Crippen molar-refractivity contribution in [2.24, 2.45) is 0 Å². The summed E-state index contributed by atoms with van der Waals surface area (Å²) in [4.78, 5) is 12.5. The molecule has 1 N–H and O–H groups in total. The normalized spacial score (nSPS) is 14.9. The number of para-hydroxylation sites is 1. The summed E-state index contributed by atoms with van der Waals surface area (Å²) in [5, 5.41) is 2.74. The zero-order valence-corrected chi connectivity index (χ0v) is 20.0. The molecule has 0 atom stereocenters. The van der Waals surface area contributed by atoms with Crippen LogP contribution in [0.3, 0.4) is 0 Å². The first-order chi connectivity index (χ1) is 15.1. The lowest BCUT2D eigenvalue weighted by atomic mass is 10.2. The largest absolute Gasteiger partial charge is 0.326 e. The standard InChI is InChI=1S/C22H29N3O5S2/c1-18-8-3-4-9-21(18)25(31(2,27)28)17-7-10-22(26)23-19-11-13-20(14-12-19)32(29,30)24-15-5-6-16-24/h3-4,8-9,11-14H,5-7,10,15-17H2,1-2H3,(H,23,26). The molecule has 0 unspecified atom stereocenters. The molecule has 1 amide bonds. The molecule has 174 valence electrons. The van der Waals surface area contributed by atoms with Gasteiger partial charge in [0.05, 0.1) is 16.8 Å². The third-order valence-electron chi connectivity index (χ3n) is 5.39. The Morgan fingerprint density at radius 1 is 1.00 bits per heavy atom. The number of amides is 1. The van der Waals surface area contributed by atoms with Gasteiger partial charge >= 0.3 is 0 Å². The number of carbonyl (C=O) groups is 1. The van der Waals surface area contributed by atoms with Crippen LogP contribution in [-0.4, -0.2) is 52.9 Å². The van der Waals surface area contributed by atoms with E-state index in [0.717, 1.165) is 24.7 Å². The number of benzene rings is 2. The molecule has 8 nitrogen and oxygen atoms in total. The quantitative estimate of drug-likeness (QED) is 0.596. The third kappa shape index (κ3) is 5.87. The molecule has 1 saturated heterocycles. The van der Waals surface area contributed by atoms with Crippen molar-refractivity contribution in [2.75, 3.05) is 35.5 Å². The highest BCUT2D eigenvalue weighted by Gasteiger charge is 2.27. The second-order valence-corrected chi connectivity index (χ2v) is 11.8. The molecule has 3 rings (SSSR count). The second kappa shape index (κ2) is 10.0. The van der Waals surface area contributed by atoms with Crippen LogP contribution in [0.1, 0.15) is 31.2 Å². The molecule has 0 bridgehead atoms. The van der Waals surface area contributed by atoms with Crippen LogP contribution >= 0.6 is 0 Å². The van der Waals surface area contributed by atoms with Gasteiger partial charge in [-0.3, -0.25) is 9.10 Å². The molecule has 10 heteroatoms. The van der Waals surface area contributed by atoms with Gasteiger partial charge in [-0.25, -0.2) is 16.8 Å². The summed E-state index contributed by atoms with van der Waals surface area (Å²) in [5.74, 6) is -0.265. The van der Waals surface area contributed by atoms with Crippen LogP contribution < -0.4 is 9.62 Å². The number of hydrogen-bond acceptors (Lipinski definition) is 5. The van der Waals surface area contributed by atoms with E-state index in [2.05, 4.69) is 5.32 Å². The number of rotatable bonds is 9. The number of hydrogen-bond donors (Lipinski definition) is 1. The van der Waals surface area contributed by atoms with Crippen molar-refractivity contribution in [3.8, 4) is 0 Å². The number of aryl methyl sites for hydroxylation is 1. The third-order valence-corrected chi connectivity index (χ3v) is 8.48. The summed E-state index contributed by atoms with van der Waals surface area (Å²) in [7, 11) is -6.98. The predicted molar refractivity (Wildman–Crippen MR) is 126 cm³/mol. The van der Waals surface area contributed by atoms with Crippen LogP contribution in [0.25, 0.3) is 0 Å². The van der Waals surface area contributed by atoms with Crippen molar-refractivity contribution in [3.63, 3.8) is 0 Å².